The molecule has 1 aliphatic heterocycles. The summed E-state index contributed by atoms with van der Waals surface area (Å²) in [6.45, 7) is 0.964. The molecule has 1 aliphatic carbocycles. The minimum absolute atomic E-state index is 0.699. The van der Waals surface area contributed by atoms with Gasteiger partial charge in [0.15, 0.2) is 5.17 Å². The first-order valence-electron chi connectivity index (χ1n) is 6.08. The van der Waals surface area contributed by atoms with Crippen LogP contribution in [0, 0.1) is 5.92 Å². The Balaban J connectivity index is 1.65. The summed E-state index contributed by atoms with van der Waals surface area (Å²) in [7, 11) is 1.68. The van der Waals surface area contributed by atoms with Gasteiger partial charge in [0, 0.05) is 17.0 Å². The lowest BCUT2D eigenvalue weighted by Gasteiger charge is -2.10. The molecule has 1 fully saturated rings. The van der Waals surface area contributed by atoms with E-state index in [-0.39, 0.29) is 0 Å². The summed E-state index contributed by atoms with van der Waals surface area (Å²) in [6, 6.07) is 6.00. The van der Waals surface area contributed by atoms with Gasteiger partial charge in [-0.2, -0.15) is 0 Å². The van der Waals surface area contributed by atoms with Gasteiger partial charge < -0.3 is 10.1 Å². The number of aliphatic imine (C=N–C) groups is 1. The Kier molecular flexibility index (Phi) is 3.52. The molecule has 18 heavy (non-hydrogen) atoms. The molecule has 0 aromatic heterocycles. The molecule has 5 heteroatoms. The van der Waals surface area contributed by atoms with E-state index in [1.807, 2.05) is 30.0 Å². The quantitative estimate of drug-likeness (QED) is 0.918. The zero-order valence-electron chi connectivity index (χ0n) is 10.1. The van der Waals surface area contributed by atoms with E-state index < -0.39 is 0 Å². The van der Waals surface area contributed by atoms with Crippen LogP contribution in [0.4, 0.5) is 5.69 Å². The van der Waals surface area contributed by atoms with Gasteiger partial charge in [0.25, 0.3) is 0 Å². The van der Waals surface area contributed by atoms with Crippen molar-refractivity contribution in [3.05, 3.63) is 22.7 Å². The summed E-state index contributed by atoms with van der Waals surface area (Å²) in [5.74, 6) is 1.74. The van der Waals surface area contributed by atoms with Crippen LogP contribution in [0.1, 0.15) is 12.8 Å². The van der Waals surface area contributed by atoms with Crippen molar-refractivity contribution in [3.63, 3.8) is 0 Å². The third-order valence-electron chi connectivity index (χ3n) is 3.23. The van der Waals surface area contributed by atoms with Crippen molar-refractivity contribution < 1.29 is 4.74 Å². The van der Waals surface area contributed by atoms with E-state index in [0.717, 1.165) is 33.5 Å². The topological polar surface area (TPSA) is 33.6 Å². The van der Waals surface area contributed by atoms with Gasteiger partial charge in [0.05, 0.1) is 18.1 Å². The molecule has 0 radical (unpaired) electrons. The van der Waals surface area contributed by atoms with E-state index in [1.165, 1.54) is 12.8 Å². The van der Waals surface area contributed by atoms with Crippen molar-refractivity contribution in [1.29, 1.82) is 0 Å². The van der Waals surface area contributed by atoms with Crippen molar-refractivity contribution in [2.24, 2.45) is 10.9 Å². The average molecular weight is 327 g/mol. The van der Waals surface area contributed by atoms with Crippen LogP contribution in [0.3, 0.4) is 0 Å². The maximum absolute atomic E-state index is 5.29. The molecule has 1 saturated carbocycles. The first kappa shape index (κ1) is 12.4. The highest BCUT2D eigenvalue weighted by Crippen LogP contribution is 2.42. The molecule has 1 heterocycles. The highest BCUT2D eigenvalue weighted by molar-refractivity contribution is 9.10. The number of nitrogens with zero attached hydrogens (tertiary/aromatic N) is 1. The second kappa shape index (κ2) is 5.13. The first-order valence-corrected chi connectivity index (χ1v) is 7.75. The van der Waals surface area contributed by atoms with Crippen LogP contribution in [0.2, 0.25) is 0 Å². The molecule has 1 aromatic carbocycles. The van der Waals surface area contributed by atoms with Crippen molar-refractivity contribution >= 4 is 38.5 Å². The SMILES string of the molecule is COc1cc(NC2=NCC(C3CC3)S2)ccc1Br. The van der Waals surface area contributed by atoms with E-state index in [2.05, 4.69) is 26.2 Å². The predicted octanol–water partition coefficient (Wildman–Crippen LogP) is 3.75. The fourth-order valence-corrected chi connectivity index (χ4v) is 3.67. The number of ether oxygens (including phenoxy) is 1. The number of thioether (sulfide) groups is 1. The molecule has 3 nitrogen and oxygen atoms in total. The molecule has 2 aliphatic rings. The molecular formula is C13H15BrN2OS. The first-order chi connectivity index (χ1) is 8.76. The number of anilines is 1. The van der Waals surface area contributed by atoms with Crippen LogP contribution in [-0.4, -0.2) is 24.1 Å². The number of halogens is 1. The number of hydrogen-bond acceptors (Lipinski definition) is 4. The number of nitrogens with one attached hydrogen (secondary N) is 1. The smallest absolute Gasteiger partial charge is 0.161 e. The van der Waals surface area contributed by atoms with Gasteiger partial charge in [-0.15, -0.1) is 0 Å². The Morgan fingerprint density at radius 3 is 3.00 bits per heavy atom. The fourth-order valence-electron chi connectivity index (χ4n) is 2.03. The van der Waals surface area contributed by atoms with Gasteiger partial charge >= 0.3 is 0 Å². The summed E-state index contributed by atoms with van der Waals surface area (Å²) in [6.07, 6.45) is 2.76. The van der Waals surface area contributed by atoms with Gasteiger partial charge in [-0.25, -0.2) is 0 Å². The van der Waals surface area contributed by atoms with Crippen molar-refractivity contribution in [2.75, 3.05) is 19.0 Å². The molecule has 1 unspecified atom stereocenters. The molecule has 0 saturated heterocycles. The number of benzene rings is 1. The molecule has 1 atom stereocenters. The summed E-state index contributed by atoms with van der Waals surface area (Å²) >= 11 is 5.33. The molecule has 0 spiro atoms. The average Bonchev–Trinajstić information content (AvgIpc) is 3.13. The lowest BCUT2D eigenvalue weighted by Crippen LogP contribution is -2.09. The van der Waals surface area contributed by atoms with Crippen molar-refractivity contribution in [3.8, 4) is 5.75 Å². The van der Waals surface area contributed by atoms with Crippen molar-refractivity contribution in [1.82, 2.24) is 0 Å². The zero-order valence-corrected chi connectivity index (χ0v) is 12.6. The predicted molar refractivity (Wildman–Crippen MR) is 80.7 cm³/mol. The van der Waals surface area contributed by atoms with Gasteiger partial charge in [0.1, 0.15) is 5.75 Å². The summed E-state index contributed by atoms with van der Waals surface area (Å²) in [5.41, 5.74) is 1.03. The van der Waals surface area contributed by atoms with Gasteiger partial charge in [0.2, 0.25) is 0 Å². The van der Waals surface area contributed by atoms with Gasteiger partial charge in [-0.1, -0.05) is 11.8 Å². The van der Waals surface area contributed by atoms with Crippen LogP contribution in [0.25, 0.3) is 0 Å². The molecule has 0 bridgehead atoms. The van der Waals surface area contributed by atoms with Crippen LogP contribution in [0.5, 0.6) is 5.75 Å². The minimum atomic E-state index is 0.699. The van der Waals surface area contributed by atoms with Crippen LogP contribution in [0.15, 0.2) is 27.7 Å². The number of amidine groups is 1. The lowest BCUT2D eigenvalue weighted by molar-refractivity contribution is 0.412. The Bertz CT molecular complexity index is 488. The molecule has 1 aromatic rings. The Morgan fingerprint density at radius 1 is 1.44 bits per heavy atom. The van der Waals surface area contributed by atoms with Crippen LogP contribution >= 0.6 is 27.7 Å². The zero-order chi connectivity index (χ0) is 12.5. The Morgan fingerprint density at radius 2 is 2.28 bits per heavy atom. The van der Waals surface area contributed by atoms with Crippen LogP contribution in [-0.2, 0) is 0 Å². The summed E-state index contributed by atoms with van der Waals surface area (Å²) in [4.78, 5) is 4.57. The Labute approximate surface area is 120 Å². The molecule has 0 amide bonds. The standard InChI is InChI=1S/C13H15BrN2OS/c1-17-11-6-9(4-5-10(11)14)16-13-15-7-12(18-13)8-2-3-8/h4-6,8,12H,2-3,7H2,1H3,(H,15,16). The minimum Gasteiger partial charge on any atom is -0.495 e. The molecule has 3 rings (SSSR count). The maximum Gasteiger partial charge on any atom is 0.161 e. The summed E-state index contributed by atoms with van der Waals surface area (Å²) in [5, 5.41) is 5.10. The van der Waals surface area contributed by atoms with E-state index in [4.69, 9.17) is 4.74 Å². The van der Waals surface area contributed by atoms with E-state index >= 15 is 0 Å². The lowest BCUT2D eigenvalue weighted by atomic mass is 10.3. The highest BCUT2D eigenvalue weighted by Gasteiger charge is 2.35. The fraction of sp³-hybridized carbons (Fsp3) is 0.462. The van der Waals surface area contributed by atoms with E-state index in [0.29, 0.717) is 5.25 Å². The maximum atomic E-state index is 5.29. The third-order valence-corrected chi connectivity index (χ3v) is 5.17. The molecular weight excluding hydrogens is 312 g/mol. The third kappa shape index (κ3) is 2.67. The van der Waals surface area contributed by atoms with Gasteiger partial charge in [-0.3, -0.25) is 4.99 Å². The number of methoxy groups -OCH3 is 1. The van der Waals surface area contributed by atoms with Gasteiger partial charge in [-0.05, 0) is 46.8 Å². The normalized spacial score (nSPS) is 22.8. The second-order valence-electron chi connectivity index (χ2n) is 4.61. The van der Waals surface area contributed by atoms with E-state index in [1.54, 1.807) is 7.11 Å². The molecule has 1 N–H and O–H groups in total. The number of rotatable bonds is 3. The summed E-state index contributed by atoms with van der Waals surface area (Å²) < 4.78 is 6.25. The second-order valence-corrected chi connectivity index (χ2v) is 6.70. The monoisotopic (exact) mass is 326 g/mol. The van der Waals surface area contributed by atoms with E-state index in [9.17, 15) is 0 Å². The van der Waals surface area contributed by atoms with Crippen LogP contribution < -0.4 is 10.1 Å². The largest absolute Gasteiger partial charge is 0.495 e. The highest BCUT2D eigenvalue weighted by atomic mass is 79.9. The number of hydrogen-bond donors (Lipinski definition) is 1. The molecule has 96 valence electrons. The Hall–Kier alpha value is -0.680. The van der Waals surface area contributed by atoms with Crippen molar-refractivity contribution in [2.45, 2.75) is 18.1 Å².